The zero-order chi connectivity index (χ0) is 20.1. The first-order valence-corrected chi connectivity index (χ1v) is 10.4. The van der Waals surface area contributed by atoms with Gasteiger partial charge in [0.1, 0.15) is 11.5 Å². The van der Waals surface area contributed by atoms with Gasteiger partial charge in [0.15, 0.2) is 6.73 Å². The lowest BCUT2D eigenvalue weighted by Crippen LogP contribution is -2.46. The molecular formula is C23H33Cl2N3O4. The number of carbonyl (C=O) groups excluding carboxylic acids is 1. The van der Waals surface area contributed by atoms with E-state index in [1.54, 1.807) is 7.11 Å². The van der Waals surface area contributed by atoms with Crippen LogP contribution in [0.1, 0.15) is 23.2 Å². The molecule has 0 spiro atoms. The van der Waals surface area contributed by atoms with E-state index < -0.39 is 0 Å². The number of ether oxygens (including phenoxy) is 2. The Morgan fingerprint density at radius 1 is 0.906 bits per heavy atom. The summed E-state index contributed by atoms with van der Waals surface area (Å²) in [4.78, 5) is 19.3. The number of hydrogen-bond acceptors (Lipinski definition) is 5. The van der Waals surface area contributed by atoms with Gasteiger partial charge in [-0.3, -0.25) is 9.69 Å². The Morgan fingerprint density at radius 2 is 1.56 bits per heavy atom. The van der Waals surface area contributed by atoms with Gasteiger partial charge in [0.05, 0.1) is 18.4 Å². The average molecular weight is 486 g/mol. The molecule has 0 aliphatic carbocycles. The maximum absolute atomic E-state index is 12.6. The van der Waals surface area contributed by atoms with E-state index in [1.165, 1.54) is 5.69 Å². The molecule has 178 valence electrons. The summed E-state index contributed by atoms with van der Waals surface area (Å²) in [5, 5.41) is 0. The standard InChI is InChI=1S/C23H29N3O3.2ClH.H2O/c1-28-22-11-5-3-9-20(22)25-16-14-24(15-17-25)12-6-7-13-26-18-29-21-10-4-2-8-19(21)23(26)27;;;/h2-5,8-11H,6-7,12-18H2,1H3;2*1H;1H2. The molecule has 32 heavy (non-hydrogen) atoms. The topological polar surface area (TPSA) is 76.8 Å². The summed E-state index contributed by atoms with van der Waals surface area (Å²) in [6.07, 6.45) is 2.07. The molecule has 2 aliphatic rings. The number of nitrogens with zero attached hydrogens (tertiary/aromatic N) is 3. The number of methoxy groups -OCH3 is 1. The van der Waals surface area contributed by atoms with Gasteiger partial charge in [-0.05, 0) is 43.7 Å². The van der Waals surface area contributed by atoms with Crippen LogP contribution in [0.4, 0.5) is 5.69 Å². The number of halogens is 2. The fraction of sp³-hybridized carbons (Fsp3) is 0.435. The van der Waals surface area contributed by atoms with Crippen molar-refractivity contribution in [3.05, 3.63) is 54.1 Å². The molecule has 1 saturated heterocycles. The van der Waals surface area contributed by atoms with E-state index in [2.05, 4.69) is 21.9 Å². The maximum Gasteiger partial charge on any atom is 0.260 e. The highest BCUT2D eigenvalue weighted by Gasteiger charge is 2.25. The lowest BCUT2D eigenvalue weighted by molar-refractivity contribution is 0.0514. The Balaban J connectivity index is 0.00000171. The van der Waals surface area contributed by atoms with Crippen molar-refractivity contribution in [2.75, 3.05) is 58.0 Å². The Labute approximate surface area is 202 Å². The molecule has 1 amide bonds. The molecule has 2 heterocycles. The third-order valence-corrected chi connectivity index (χ3v) is 5.73. The van der Waals surface area contributed by atoms with Crippen molar-refractivity contribution in [3.8, 4) is 11.5 Å². The molecule has 1 fully saturated rings. The van der Waals surface area contributed by atoms with Crippen LogP contribution in [-0.4, -0.2) is 74.3 Å². The number of hydrogen-bond donors (Lipinski definition) is 0. The molecule has 0 aromatic heterocycles. The molecule has 0 bridgehead atoms. The Morgan fingerprint density at radius 3 is 2.31 bits per heavy atom. The molecule has 0 saturated carbocycles. The lowest BCUT2D eigenvalue weighted by atomic mass is 10.1. The van der Waals surface area contributed by atoms with E-state index in [9.17, 15) is 4.79 Å². The lowest BCUT2D eigenvalue weighted by Gasteiger charge is -2.36. The normalized spacial score (nSPS) is 15.5. The monoisotopic (exact) mass is 485 g/mol. The number of carbonyl (C=O) groups is 1. The fourth-order valence-electron chi connectivity index (χ4n) is 4.05. The van der Waals surface area contributed by atoms with Crippen LogP contribution < -0.4 is 14.4 Å². The summed E-state index contributed by atoms with van der Waals surface area (Å²) >= 11 is 0. The van der Waals surface area contributed by atoms with Gasteiger partial charge in [0, 0.05) is 32.7 Å². The van der Waals surface area contributed by atoms with Crippen molar-refractivity contribution < 1.29 is 19.7 Å². The van der Waals surface area contributed by atoms with Crippen LogP contribution in [0.25, 0.3) is 0 Å². The number of para-hydroxylation sites is 3. The first-order valence-electron chi connectivity index (χ1n) is 10.4. The van der Waals surface area contributed by atoms with Gasteiger partial charge in [0.2, 0.25) is 0 Å². The van der Waals surface area contributed by atoms with Crippen molar-refractivity contribution in [3.63, 3.8) is 0 Å². The summed E-state index contributed by atoms with van der Waals surface area (Å²) in [5.41, 5.74) is 1.85. The van der Waals surface area contributed by atoms with Crippen LogP contribution in [0.5, 0.6) is 11.5 Å². The van der Waals surface area contributed by atoms with E-state index >= 15 is 0 Å². The highest BCUT2D eigenvalue weighted by molar-refractivity contribution is 5.97. The largest absolute Gasteiger partial charge is 0.495 e. The predicted octanol–water partition coefficient (Wildman–Crippen LogP) is 3.11. The van der Waals surface area contributed by atoms with Gasteiger partial charge in [-0.25, -0.2) is 0 Å². The third-order valence-electron chi connectivity index (χ3n) is 5.73. The molecule has 7 nitrogen and oxygen atoms in total. The van der Waals surface area contributed by atoms with Gasteiger partial charge in [-0.2, -0.15) is 0 Å². The van der Waals surface area contributed by atoms with Crippen molar-refractivity contribution in [1.29, 1.82) is 0 Å². The maximum atomic E-state index is 12.6. The first kappa shape index (κ1) is 27.8. The molecule has 4 rings (SSSR count). The molecule has 9 heteroatoms. The summed E-state index contributed by atoms with van der Waals surface area (Å²) in [6, 6.07) is 15.7. The van der Waals surface area contributed by atoms with Gasteiger partial charge >= 0.3 is 0 Å². The second kappa shape index (κ2) is 13.4. The SMILES string of the molecule is COc1ccccc1N1CCN(CCCCN2COc3ccccc3C2=O)CC1.Cl.Cl.O. The van der Waals surface area contributed by atoms with Crippen LogP contribution in [0, 0.1) is 0 Å². The molecule has 2 aliphatic heterocycles. The minimum atomic E-state index is 0. The number of anilines is 1. The minimum Gasteiger partial charge on any atom is -0.495 e. The first-order chi connectivity index (χ1) is 14.3. The zero-order valence-corrected chi connectivity index (χ0v) is 20.0. The molecule has 2 aromatic rings. The third kappa shape index (κ3) is 6.42. The van der Waals surface area contributed by atoms with E-state index in [0.29, 0.717) is 18.0 Å². The smallest absolute Gasteiger partial charge is 0.260 e. The van der Waals surface area contributed by atoms with Crippen molar-refractivity contribution in [1.82, 2.24) is 9.80 Å². The number of rotatable bonds is 7. The molecule has 2 aromatic carbocycles. The van der Waals surface area contributed by atoms with Gasteiger partial charge in [-0.15, -0.1) is 24.8 Å². The predicted molar refractivity (Wildman–Crippen MR) is 132 cm³/mol. The Bertz CT molecular complexity index is 847. The van der Waals surface area contributed by atoms with Crippen molar-refractivity contribution >= 4 is 36.4 Å². The van der Waals surface area contributed by atoms with Crippen LogP contribution in [0.2, 0.25) is 0 Å². The van der Waals surface area contributed by atoms with Crippen LogP contribution >= 0.6 is 24.8 Å². The van der Waals surface area contributed by atoms with E-state index in [4.69, 9.17) is 9.47 Å². The minimum absolute atomic E-state index is 0. The van der Waals surface area contributed by atoms with E-state index in [0.717, 1.165) is 57.9 Å². The number of fused-ring (bicyclic) bond motifs is 1. The number of benzene rings is 2. The fourth-order valence-corrected chi connectivity index (χ4v) is 4.05. The average Bonchev–Trinajstić information content (AvgIpc) is 2.78. The number of piperazine rings is 1. The number of amides is 1. The molecular weight excluding hydrogens is 453 g/mol. The second-order valence-corrected chi connectivity index (χ2v) is 7.55. The van der Waals surface area contributed by atoms with E-state index in [-0.39, 0.29) is 36.2 Å². The van der Waals surface area contributed by atoms with Crippen molar-refractivity contribution in [2.24, 2.45) is 0 Å². The summed E-state index contributed by atoms with van der Waals surface area (Å²) < 4.78 is 11.2. The van der Waals surface area contributed by atoms with Crippen molar-refractivity contribution in [2.45, 2.75) is 12.8 Å². The highest BCUT2D eigenvalue weighted by Crippen LogP contribution is 2.28. The van der Waals surface area contributed by atoms with Gasteiger partial charge < -0.3 is 24.7 Å². The summed E-state index contributed by atoms with van der Waals surface area (Å²) in [7, 11) is 1.73. The quantitative estimate of drug-likeness (QED) is 0.563. The molecule has 0 atom stereocenters. The zero-order valence-electron chi connectivity index (χ0n) is 18.4. The Kier molecular flexibility index (Phi) is 11.6. The second-order valence-electron chi connectivity index (χ2n) is 7.55. The summed E-state index contributed by atoms with van der Waals surface area (Å²) in [6.45, 7) is 6.29. The number of unbranched alkanes of at least 4 members (excludes halogenated alkanes) is 1. The summed E-state index contributed by atoms with van der Waals surface area (Å²) in [5.74, 6) is 1.72. The van der Waals surface area contributed by atoms with E-state index in [1.807, 2.05) is 41.3 Å². The van der Waals surface area contributed by atoms with Gasteiger partial charge in [0.25, 0.3) is 5.91 Å². The molecule has 2 N–H and O–H groups in total. The Hall–Kier alpha value is -2.19. The van der Waals surface area contributed by atoms with Crippen LogP contribution in [-0.2, 0) is 0 Å². The van der Waals surface area contributed by atoms with Crippen LogP contribution in [0.15, 0.2) is 48.5 Å². The van der Waals surface area contributed by atoms with Crippen LogP contribution in [0.3, 0.4) is 0 Å². The molecule has 0 radical (unpaired) electrons. The highest BCUT2D eigenvalue weighted by atomic mass is 35.5. The van der Waals surface area contributed by atoms with Gasteiger partial charge in [-0.1, -0.05) is 24.3 Å². The molecule has 0 unspecified atom stereocenters.